The number of hydrogen-bond donors (Lipinski definition) is 0. The van der Waals surface area contributed by atoms with Crippen LogP contribution in [0.3, 0.4) is 0 Å². The first-order chi connectivity index (χ1) is 15.5. The maximum Gasteiger partial charge on any atom is 0.294 e. The first-order valence-corrected chi connectivity index (χ1v) is 10.6. The van der Waals surface area contributed by atoms with E-state index >= 15 is 0 Å². The van der Waals surface area contributed by atoms with Crippen molar-refractivity contribution in [2.24, 2.45) is 11.8 Å². The number of piperazine rings is 1. The highest BCUT2D eigenvalue weighted by atomic mass is 16.6. The van der Waals surface area contributed by atoms with Crippen LogP contribution in [0.1, 0.15) is 12.8 Å². The lowest BCUT2D eigenvalue weighted by Gasteiger charge is -2.35. The molecule has 1 aromatic heterocycles. The van der Waals surface area contributed by atoms with Crippen molar-refractivity contribution in [1.29, 1.82) is 0 Å². The molecule has 0 radical (unpaired) electrons. The lowest BCUT2D eigenvalue weighted by Crippen LogP contribution is -2.47. The Kier molecular flexibility index (Phi) is 5.04. The number of nitro benzene ring substituents is 1. The smallest absolute Gasteiger partial charge is 0.294 e. The van der Waals surface area contributed by atoms with Gasteiger partial charge >= 0.3 is 0 Å². The number of fused-ring (bicyclic) bond motifs is 1. The lowest BCUT2D eigenvalue weighted by atomic mass is 9.85. The zero-order valence-electron chi connectivity index (χ0n) is 17.3. The summed E-state index contributed by atoms with van der Waals surface area (Å²) < 4.78 is 0. The van der Waals surface area contributed by atoms with Crippen LogP contribution >= 0.6 is 0 Å². The van der Waals surface area contributed by atoms with Gasteiger partial charge in [0, 0.05) is 44.6 Å². The molecule has 10 heteroatoms. The van der Waals surface area contributed by atoms with E-state index in [0.717, 1.165) is 4.90 Å². The van der Waals surface area contributed by atoms with Crippen LogP contribution in [0.15, 0.2) is 48.8 Å². The Labute approximate surface area is 184 Å². The second-order valence-electron chi connectivity index (χ2n) is 8.12. The standard InChI is InChI=1S/C22H22N6O4/c29-20-16-4-1-2-5-17(16)21(30)27(20)15-6-7-18(19(14-15)28(31)32)25-10-12-26(13-11-25)22-23-8-3-9-24-22/h1-3,6-9,14,16-17H,4-5,10-13H2. The summed E-state index contributed by atoms with van der Waals surface area (Å²) >= 11 is 0. The van der Waals surface area contributed by atoms with Crippen molar-refractivity contribution >= 4 is 34.8 Å². The molecular weight excluding hydrogens is 412 g/mol. The van der Waals surface area contributed by atoms with E-state index in [4.69, 9.17) is 0 Å². The summed E-state index contributed by atoms with van der Waals surface area (Å²) in [5.74, 6) is -0.663. The molecule has 10 nitrogen and oxygen atoms in total. The van der Waals surface area contributed by atoms with Gasteiger partial charge in [0.1, 0.15) is 5.69 Å². The summed E-state index contributed by atoms with van der Waals surface area (Å²) in [4.78, 5) is 50.8. The fourth-order valence-corrected chi connectivity index (χ4v) is 4.72. The fourth-order valence-electron chi connectivity index (χ4n) is 4.72. The maximum atomic E-state index is 12.9. The minimum atomic E-state index is -0.453. The fraction of sp³-hybridized carbons (Fsp3) is 0.364. The van der Waals surface area contributed by atoms with Crippen LogP contribution in [-0.4, -0.2) is 52.9 Å². The highest BCUT2D eigenvalue weighted by molar-refractivity contribution is 6.22. The molecule has 2 aliphatic heterocycles. The third-order valence-corrected chi connectivity index (χ3v) is 6.38. The van der Waals surface area contributed by atoms with Crippen molar-refractivity contribution in [3.8, 4) is 0 Å². The van der Waals surface area contributed by atoms with Crippen LogP contribution in [0.2, 0.25) is 0 Å². The van der Waals surface area contributed by atoms with E-state index in [1.54, 1.807) is 30.6 Å². The third kappa shape index (κ3) is 3.37. The number of hydrogen-bond acceptors (Lipinski definition) is 8. The molecule has 3 aliphatic rings. The first kappa shape index (κ1) is 20.1. The highest BCUT2D eigenvalue weighted by Crippen LogP contribution is 2.40. The number of benzene rings is 1. The molecule has 2 unspecified atom stereocenters. The Morgan fingerprint density at radius 2 is 1.50 bits per heavy atom. The Hall–Kier alpha value is -3.82. The number of rotatable bonds is 4. The monoisotopic (exact) mass is 434 g/mol. The second kappa shape index (κ2) is 8.03. The van der Waals surface area contributed by atoms with Crippen molar-refractivity contribution in [3.05, 3.63) is 58.9 Å². The summed E-state index contributed by atoms with van der Waals surface area (Å²) in [6.45, 7) is 2.39. The molecule has 164 valence electrons. The molecule has 2 saturated heterocycles. The van der Waals surface area contributed by atoms with E-state index in [1.807, 2.05) is 22.0 Å². The summed E-state index contributed by atoms with van der Waals surface area (Å²) in [5, 5.41) is 11.9. The van der Waals surface area contributed by atoms with Gasteiger partial charge in [-0.15, -0.1) is 0 Å². The summed E-state index contributed by atoms with van der Waals surface area (Å²) in [5.41, 5.74) is 0.632. The molecule has 1 aromatic carbocycles. The SMILES string of the molecule is O=C1C2CC=CCC2C(=O)N1c1ccc(N2CCN(c3ncccn3)CC2)c([N+](=O)[O-])c1. The number of nitro groups is 1. The molecule has 1 aliphatic carbocycles. The van der Waals surface area contributed by atoms with Gasteiger partial charge in [0.15, 0.2) is 0 Å². The third-order valence-electron chi connectivity index (χ3n) is 6.38. The van der Waals surface area contributed by atoms with Crippen LogP contribution in [-0.2, 0) is 9.59 Å². The number of allylic oxidation sites excluding steroid dienone is 2. The molecule has 3 heterocycles. The summed E-state index contributed by atoms with van der Waals surface area (Å²) in [6.07, 6.45) is 8.27. The number of imide groups is 1. The molecule has 2 aromatic rings. The van der Waals surface area contributed by atoms with Gasteiger partial charge in [0.25, 0.3) is 5.69 Å². The zero-order chi connectivity index (χ0) is 22.2. The van der Waals surface area contributed by atoms with Crippen LogP contribution < -0.4 is 14.7 Å². The van der Waals surface area contributed by atoms with Crippen molar-refractivity contribution in [2.45, 2.75) is 12.8 Å². The van der Waals surface area contributed by atoms with Gasteiger partial charge in [-0.2, -0.15) is 0 Å². The molecule has 2 fully saturated rings. The number of carbonyl (C=O) groups is 2. The topological polar surface area (TPSA) is 113 Å². The van der Waals surface area contributed by atoms with Crippen molar-refractivity contribution in [1.82, 2.24) is 9.97 Å². The predicted octanol–water partition coefficient (Wildman–Crippen LogP) is 2.17. The van der Waals surface area contributed by atoms with Gasteiger partial charge in [-0.3, -0.25) is 19.7 Å². The van der Waals surface area contributed by atoms with E-state index < -0.39 is 4.92 Å². The molecule has 5 rings (SSSR count). The number of amides is 2. The summed E-state index contributed by atoms with van der Waals surface area (Å²) in [7, 11) is 0. The van der Waals surface area contributed by atoms with Gasteiger partial charge in [-0.1, -0.05) is 12.2 Å². The molecule has 0 N–H and O–H groups in total. The average Bonchev–Trinajstić information content (AvgIpc) is 3.09. The van der Waals surface area contributed by atoms with Crippen molar-refractivity contribution in [2.75, 3.05) is 40.9 Å². The Morgan fingerprint density at radius 1 is 0.906 bits per heavy atom. The first-order valence-electron chi connectivity index (χ1n) is 10.6. The number of nitrogens with zero attached hydrogens (tertiary/aromatic N) is 6. The average molecular weight is 434 g/mol. The summed E-state index contributed by atoms with van der Waals surface area (Å²) in [6, 6.07) is 6.38. The van der Waals surface area contributed by atoms with Crippen molar-refractivity contribution in [3.63, 3.8) is 0 Å². The number of aromatic nitrogens is 2. The van der Waals surface area contributed by atoms with Gasteiger partial charge in [0.05, 0.1) is 22.4 Å². The molecule has 2 amide bonds. The quantitative estimate of drug-likeness (QED) is 0.311. The number of anilines is 3. The minimum absolute atomic E-state index is 0.111. The predicted molar refractivity (Wildman–Crippen MR) is 117 cm³/mol. The van der Waals surface area contributed by atoms with E-state index in [2.05, 4.69) is 9.97 Å². The second-order valence-corrected chi connectivity index (χ2v) is 8.12. The van der Waals surface area contributed by atoms with E-state index in [9.17, 15) is 19.7 Å². The van der Waals surface area contributed by atoms with Crippen LogP contribution in [0.25, 0.3) is 0 Å². The Morgan fingerprint density at radius 3 is 2.09 bits per heavy atom. The molecule has 0 spiro atoms. The zero-order valence-corrected chi connectivity index (χ0v) is 17.3. The van der Waals surface area contributed by atoms with Gasteiger partial charge < -0.3 is 9.80 Å². The Balaban J connectivity index is 1.38. The highest BCUT2D eigenvalue weighted by Gasteiger charge is 2.48. The molecule has 32 heavy (non-hydrogen) atoms. The van der Waals surface area contributed by atoms with E-state index in [1.165, 1.54) is 6.07 Å². The number of carbonyl (C=O) groups excluding carboxylic acids is 2. The Bertz CT molecular complexity index is 1070. The maximum absolute atomic E-state index is 12.9. The normalized spacial score (nSPS) is 22.9. The van der Waals surface area contributed by atoms with Gasteiger partial charge in [0.2, 0.25) is 17.8 Å². The molecule has 0 bridgehead atoms. The largest absolute Gasteiger partial charge is 0.362 e. The van der Waals surface area contributed by atoms with E-state index in [-0.39, 0.29) is 35.0 Å². The van der Waals surface area contributed by atoms with Crippen LogP contribution in [0, 0.1) is 22.0 Å². The van der Waals surface area contributed by atoms with Gasteiger partial charge in [-0.05, 0) is 31.0 Å². The van der Waals surface area contributed by atoms with Gasteiger partial charge in [-0.25, -0.2) is 14.9 Å². The molecule has 2 atom stereocenters. The molecular formula is C22H22N6O4. The van der Waals surface area contributed by atoms with Crippen LogP contribution in [0.5, 0.6) is 0 Å². The molecule has 0 saturated carbocycles. The lowest BCUT2D eigenvalue weighted by molar-refractivity contribution is -0.384. The van der Waals surface area contributed by atoms with Crippen LogP contribution in [0.4, 0.5) is 23.0 Å². The minimum Gasteiger partial charge on any atom is -0.362 e. The van der Waals surface area contributed by atoms with E-state index in [0.29, 0.717) is 50.7 Å². The van der Waals surface area contributed by atoms with Crippen molar-refractivity contribution < 1.29 is 14.5 Å².